The van der Waals surface area contributed by atoms with Gasteiger partial charge in [0.25, 0.3) is 5.56 Å². The molecule has 0 aliphatic carbocycles. The van der Waals surface area contributed by atoms with Gasteiger partial charge in [0.2, 0.25) is 0 Å². The van der Waals surface area contributed by atoms with Crippen LogP contribution in [0.15, 0.2) is 34.1 Å². The van der Waals surface area contributed by atoms with Crippen LogP contribution in [0.3, 0.4) is 0 Å². The Bertz CT molecular complexity index is 811. The first-order valence-corrected chi connectivity index (χ1v) is 7.61. The highest BCUT2D eigenvalue weighted by Crippen LogP contribution is 2.32. The molecule has 8 heteroatoms. The lowest BCUT2D eigenvalue weighted by Crippen LogP contribution is -2.10. The fourth-order valence-corrected chi connectivity index (χ4v) is 2.54. The van der Waals surface area contributed by atoms with Crippen molar-refractivity contribution in [3.05, 3.63) is 34.7 Å². The van der Waals surface area contributed by atoms with E-state index in [2.05, 4.69) is 20.2 Å². The average molecular weight is 304 g/mol. The molecule has 1 aromatic rings. The molecular formula is C13H12N4O3S. The maximum Gasteiger partial charge on any atom is 0.290 e. The Labute approximate surface area is 122 Å². The monoisotopic (exact) mass is 304 g/mol. The summed E-state index contributed by atoms with van der Waals surface area (Å²) in [7, 11) is 1.52. The first-order chi connectivity index (χ1) is 10.1. The van der Waals surface area contributed by atoms with E-state index in [9.17, 15) is 9.35 Å². The summed E-state index contributed by atoms with van der Waals surface area (Å²) in [4.78, 5) is 20.9. The third-order valence-electron chi connectivity index (χ3n) is 3.04. The molecule has 21 heavy (non-hydrogen) atoms. The zero-order valence-electron chi connectivity index (χ0n) is 11.3. The van der Waals surface area contributed by atoms with Crippen molar-refractivity contribution in [3.63, 3.8) is 0 Å². The van der Waals surface area contributed by atoms with Crippen LogP contribution in [-0.4, -0.2) is 38.1 Å². The zero-order valence-corrected chi connectivity index (χ0v) is 12.2. The molecule has 108 valence electrons. The van der Waals surface area contributed by atoms with E-state index in [0.717, 1.165) is 0 Å². The molecular weight excluding hydrogens is 292 g/mol. The van der Waals surface area contributed by atoms with E-state index in [1.165, 1.54) is 7.11 Å². The van der Waals surface area contributed by atoms with E-state index in [1.54, 1.807) is 30.7 Å². The van der Waals surface area contributed by atoms with Crippen molar-refractivity contribution in [1.29, 1.82) is 0 Å². The Hall–Kier alpha value is -2.32. The van der Waals surface area contributed by atoms with Crippen LogP contribution in [0.25, 0.3) is 22.8 Å². The number of fused-ring (bicyclic) bond motifs is 1. The minimum Gasteiger partial charge on any atom is -0.612 e. The predicted molar refractivity (Wildman–Crippen MR) is 77.9 cm³/mol. The average Bonchev–Trinajstić information content (AvgIpc) is 2.91. The molecule has 1 aromatic carbocycles. The summed E-state index contributed by atoms with van der Waals surface area (Å²) in [6.45, 7) is 0. The van der Waals surface area contributed by atoms with Crippen LogP contribution < -0.4 is 10.3 Å². The lowest BCUT2D eigenvalue weighted by molar-refractivity contribution is 0.415. The molecule has 0 amide bonds. The van der Waals surface area contributed by atoms with Crippen molar-refractivity contribution in [2.75, 3.05) is 13.4 Å². The van der Waals surface area contributed by atoms with Crippen molar-refractivity contribution in [3.8, 4) is 28.5 Å². The van der Waals surface area contributed by atoms with Gasteiger partial charge in [-0.2, -0.15) is 0 Å². The minimum absolute atomic E-state index is 0.258. The number of rotatable bonds is 3. The summed E-state index contributed by atoms with van der Waals surface area (Å²) < 4.78 is 16.8. The molecule has 2 N–H and O–H groups in total. The summed E-state index contributed by atoms with van der Waals surface area (Å²) in [5, 5.41) is 5.05. The molecule has 0 bridgehead atoms. The van der Waals surface area contributed by atoms with Crippen molar-refractivity contribution >= 4 is 11.2 Å². The van der Waals surface area contributed by atoms with Crippen LogP contribution >= 0.6 is 0 Å². The Kier molecular flexibility index (Phi) is 3.40. The second-order valence-electron chi connectivity index (χ2n) is 4.34. The maximum absolute atomic E-state index is 11.7. The highest BCUT2D eigenvalue weighted by Gasteiger charge is 2.19. The van der Waals surface area contributed by atoms with Gasteiger partial charge < -0.3 is 14.4 Å². The maximum atomic E-state index is 11.7. The number of H-pyrrole nitrogens is 2. The molecule has 2 aliphatic heterocycles. The number of aromatic nitrogens is 4. The second-order valence-corrected chi connectivity index (χ2v) is 5.72. The van der Waals surface area contributed by atoms with E-state index in [1.807, 2.05) is 0 Å². The second kappa shape index (κ2) is 5.23. The Balaban J connectivity index is 2.17. The number of benzene rings is 1. The topological polar surface area (TPSA) is 107 Å². The standard InChI is InChI=1S/C13H12N4O3S/c1-20-10-5-7(21(2)19)3-4-8(10)12-15-9-6-14-17-13(18)11(9)16-12/h3-6,14H,1-2H3,(H,17,18). The third-order valence-corrected chi connectivity index (χ3v) is 3.96. The fraction of sp³-hybridized carbons (Fsp3) is 0.154. The number of imidazole rings is 1. The number of nitrogens with zero attached hydrogens (tertiary/aromatic N) is 2. The number of nitrogens with one attached hydrogen (secondary N) is 2. The number of aromatic amines is 2. The molecule has 0 radical (unpaired) electrons. The smallest absolute Gasteiger partial charge is 0.290 e. The minimum atomic E-state index is -1.10. The van der Waals surface area contributed by atoms with Gasteiger partial charge in [0.15, 0.2) is 16.4 Å². The van der Waals surface area contributed by atoms with Crippen LogP contribution in [0.4, 0.5) is 0 Å². The Morgan fingerprint density at radius 1 is 1.33 bits per heavy atom. The largest absolute Gasteiger partial charge is 0.612 e. The summed E-state index contributed by atoms with van der Waals surface area (Å²) in [6.07, 6.45) is 3.16. The van der Waals surface area contributed by atoms with Gasteiger partial charge in [-0.1, -0.05) is 0 Å². The summed E-state index contributed by atoms with van der Waals surface area (Å²) in [5.74, 6) is 0.902. The van der Waals surface area contributed by atoms with E-state index in [-0.39, 0.29) is 11.3 Å². The summed E-state index contributed by atoms with van der Waals surface area (Å²) >= 11 is -1.10. The van der Waals surface area contributed by atoms with Crippen LogP contribution in [0.2, 0.25) is 0 Å². The van der Waals surface area contributed by atoms with E-state index in [0.29, 0.717) is 27.7 Å². The summed E-state index contributed by atoms with van der Waals surface area (Å²) in [5.41, 5.74) is 1.03. The molecule has 0 fully saturated rings. The molecule has 0 spiro atoms. The quantitative estimate of drug-likeness (QED) is 0.702. The number of hydrogen-bond donors (Lipinski definition) is 2. The number of methoxy groups -OCH3 is 1. The number of ether oxygens (including phenoxy) is 1. The van der Waals surface area contributed by atoms with Crippen LogP contribution in [0, 0.1) is 0 Å². The SMILES string of the molecule is COc1cc([S+](C)[O-])ccc1-c1nc2c[nH][nH]c(=O)c-2n1. The molecule has 7 nitrogen and oxygen atoms in total. The van der Waals surface area contributed by atoms with Crippen LogP contribution in [-0.2, 0) is 11.2 Å². The van der Waals surface area contributed by atoms with Gasteiger partial charge in [-0.25, -0.2) is 9.97 Å². The number of hydrogen-bond acceptors (Lipinski definition) is 5. The molecule has 2 heterocycles. The van der Waals surface area contributed by atoms with Gasteiger partial charge in [0.1, 0.15) is 17.7 Å². The summed E-state index contributed by atoms with van der Waals surface area (Å²) in [6, 6.07) is 5.15. The van der Waals surface area contributed by atoms with Crippen molar-refractivity contribution in [1.82, 2.24) is 20.2 Å². The molecule has 1 atom stereocenters. The Morgan fingerprint density at radius 3 is 2.81 bits per heavy atom. The molecule has 0 aromatic heterocycles. The van der Waals surface area contributed by atoms with Gasteiger partial charge in [0.05, 0.1) is 12.7 Å². The van der Waals surface area contributed by atoms with Crippen molar-refractivity contribution in [2.24, 2.45) is 0 Å². The van der Waals surface area contributed by atoms with E-state index in [4.69, 9.17) is 4.74 Å². The van der Waals surface area contributed by atoms with Gasteiger partial charge in [0, 0.05) is 12.3 Å². The van der Waals surface area contributed by atoms with Crippen LogP contribution in [0.1, 0.15) is 0 Å². The fourth-order valence-electron chi connectivity index (χ4n) is 2.01. The third kappa shape index (κ3) is 2.39. The molecule has 3 rings (SSSR count). The molecule has 0 saturated carbocycles. The first-order valence-electron chi connectivity index (χ1n) is 6.06. The zero-order chi connectivity index (χ0) is 15.0. The van der Waals surface area contributed by atoms with Gasteiger partial charge in [-0.15, -0.1) is 0 Å². The predicted octanol–water partition coefficient (Wildman–Crippen LogP) is 1.01. The lowest BCUT2D eigenvalue weighted by Gasteiger charge is -2.09. The normalized spacial score (nSPS) is 12.5. The van der Waals surface area contributed by atoms with Gasteiger partial charge in [-0.3, -0.25) is 9.89 Å². The van der Waals surface area contributed by atoms with Crippen LogP contribution in [0.5, 0.6) is 5.75 Å². The van der Waals surface area contributed by atoms with Crippen molar-refractivity contribution < 1.29 is 9.29 Å². The molecule has 1 unspecified atom stereocenters. The molecule has 2 aliphatic rings. The Morgan fingerprint density at radius 2 is 2.14 bits per heavy atom. The highest BCUT2D eigenvalue weighted by atomic mass is 32.2. The highest BCUT2D eigenvalue weighted by molar-refractivity contribution is 7.90. The van der Waals surface area contributed by atoms with Gasteiger partial charge >= 0.3 is 0 Å². The first kappa shape index (κ1) is 13.7. The molecule has 0 saturated heterocycles. The van der Waals surface area contributed by atoms with Gasteiger partial charge in [-0.05, 0) is 23.3 Å². The van der Waals surface area contributed by atoms with Crippen molar-refractivity contribution in [2.45, 2.75) is 4.90 Å². The van der Waals surface area contributed by atoms with E-state index >= 15 is 0 Å². The van der Waals surface area contributed by atoms with E-state index < -0.39 is 11.2 Å². The lowest BCUT2D eigenvalue weighted by atomic mass is 10.2.